The van der Waals surface area contributed by atoms with Crippen LogP contribution >= 0.6 is 0 Å². The Hall–Kier alpha value is -2.76. The standard InChI is InChI=1S/C22H27N3O3/c1-4-17-18(22(27)28-5-2)19(21(26)25-13-11-15(3)12-14-25)24-20(23-17)16-9-7-6-8-10-16/h6-10,15H,4-5,11-14H2,1-3H3. The fourth-order valence-electron chi connectivity index (χ4n) is 3.41. The maximum Gasteiger partial charge on any atom is 0.342 e. The molecule has 2 heterocycles. The van der Waals surface area contributed by atoms with Crippen molar-refractivity contribution in [3.63, 3.8) is 0 Å². The molecule has 1 aliphatic rings. The predicted molar refractivity (Wildman–Crippen MR) is 107 cm³/mol. The average Bonchev–Trinajstić information content (AvgIpc) is 2.73. The van der Waals surface area contributed by atoms with Gasteiger partial charge in [-0.1, -0.05) is 44.2 Å². The smallest absolute Gasteiger partial charge is 0.342 e. The molecule has 1 aliphatic heterocycles. The summed E-state index contributed by atoms with van der Waals surface area (Å²) in [7, 11) is 0. The summed E-state index contributed by atoms with van der Waals surface area (Å²) >= 11 is 0. The fraction of sp³-hybridized carbons (Fsp3) is 0.455. The van der Waals surface area contributed by atoms with Gasteiger partial charge in [-0.05, 0) is 32.1 Å². The quantitative estimate of drug-likeness (QED) is 0.738. The topological polar surface area (TPSA) is 72.4 Å². The van der Waals surface area contributed by atoms with Crippen LogP contribution in [0.5, 0.6) is 0 Å². The lowest BCUT2D eigenvalue weighted by Gasteiger charge is -2.30. The molecule has 148 valence electrons. The van der Waals surface area contributed by atoms with Gasteiger partial charge in [-0.3, -0.25) is 4.79 Å². The molecular formula is C22H27N3O3. The Morgan fingerprint density at radius 2 is 1.79 bits per heavy atom. The zero-order valence-corrected chi connectivity index (χ0v) is 16.8. The van der Waals surface area contributed by atoms with E-state index in [1.54, 1.807) is 11.8 Å². The average molecular weight is 381 g/mol. The van der Waals surface area contributed by atoms with Crippen LogP contribution in [0.15, 0.2) is 30.3 Å². The molecule has 6 nitrogen and oxygen atoms in total. The van der Waals surface area contributed by atoms with Gasteiger partial charge in [0.1, 0.15) is 11.3 Å². The number of piperidine rings is 1. The third-order valence-corrected chi connectivity index (χ3v) is 5.10. The Morgan fingerprint density at radius 3 is 2.39 bits per heavy atom. The van der Waals surface area contributed by atoms with E-state index >= 15 is 0 Å². The molecule has 1 amide bonds. The first-order valence-electron chi connectivity index (χ1n) is 9.97. The van der Waals surface area contributed by atoms with E-state index in [0.717, 1.165) is 18.4 Å². The first-order chi connectivity index (χ1) is 13.5. The molecule has 6 heteroatoms. The summed E-state index contributed by atoms with van der Waals surface area (Å²) in [6.45, 7) is 7.44. The summed E-state index contributed by atoms with van der Waals surface area (Å²) in [5.74, 6) is 0.307. The number of esters is 1. The Labute approximate surface area is 165 Å². The number of hydrogen-bond acceptors (Lipinski definition) is 5. The zero-order chi connectivity index (χ0) is 20.1. The highest BCUT2D eigenvalue weighted by molar-refractivity contribution is 6.05. The fourth-order valence-corrected chi connectivity index (χ4v) is 3.41. The molecule has 0 atom stereocenters. The molecule has 28 heavy (non-hydrogen) atoms. The van der Waals surface area contributed by atoms with Gasteiger partial charge in [0.15, 0.2) is 5.82 Å². The van der Waals surface area contributed by atoms with Crippen molar-refractivity contribution >= 4 is 11.9 Å². The molecule has 0 bridgehead atoms. The van der Waals surface area contributed by atoms with E-state index in [1.807, 2.05) is 37.3 Å². The minimum absolute atomic E-state index is 0.152. The van der Waals surface area contributed by atoms with Crippen LogP contribution in [-0.4, -0.2) is 46.4 Å². The van der Waals surface area contributed by atoms with E-state index in [9.17, 15) is 9.59 Å². The minimum atomic E-state index is -0.535. The summed E-state index contributed by atoms with van der Waals surface area (Å²) in [6, 6.07) is 9.51. The molecule has 0 spiro atoms. The lowest BCUT2D eigenvalue weighted by Crippen LogP contribution is -2.39. The highest BCUT2D eigenvalue weighted by Crippen LogP contribution is 2.24. The normalized spacial score (nSPS) is 14.8. The van der Waals surface area contributed by atoms with Gasteiger partial charge >= 0.3 is 5.97 Å². The number of ether oxygens (including phenoxy) is 1. The second-order valence-electron chi connectivity index (χ2n) is 7.13. The van der Waals surface area contributed by atoms with Crippen molar-refractivity contribution in [3.05, 3.63) is 47.3 Å². The first-order valence-corrected chi connectivity index (χ1v) is 9.97. The second-order valence-corrected chi connectivity index (χ2v) is 7.13. The van der Waals surface area contributed by atoms with Crippen LogP contribution in [0.4, 0.5) is 0 Å². The number of aromatic nitrogens is 2. The SMILES string of the molecule is CCOC(=O)c1c(CC)nc(-c2ccccc2)nc1C(=O)N1CCC(C)CC1. The van der Waals surface area contributed by atoms with Crippen molar-refractivity contribution in [3.8, 4) is 11.4 Å². The second kappa shape index (κ2) is 8.95. The van der Waals surface area contributed by atoms with E-state index in [2.05, 4.69) is 16.9 Å². The number of hydrogen-bond donors (Lipinski definition) is 0. The van der Waals surface area contributed by atoms with E-state index in [1.165, 1.54) is 0 Å². The monoisotopic (exact) mass is 381 g/mol. The summed E-state index contributed by atoms with van der Waals surface area (Å²) in [4.78, 5) is 36.9. The molecule has 2 aromatic rings. The molecule has 0 N–H and O–H groups in total. The molecule has 0 aliphatic carbocycles. The molecule has 1 fully saturated rings. The van der Waals surface area contributed by atoms with Crippen LogP contribution in [0.25, 0.3) is 11.4 Å². The van der Waals surface area contributed by atoms with E-state index in [0.29, 0.717) is 36.9 Å². The Bertz CT molecular complexity index is 844. The third kappa shape index (κ3) is 4.21. The Balaban J connectivity index is 2.10. The van der Waals surface area contributed by atoms with Gasteiger partial charge in [-0.15, -0.1) is 0 Å². The molecule has 3 rings (SSSR count). The highest BCUT2D eigenvalue weighted by atomic mass is 16.5. The lowest BCUT2D eigenvalue weighted by atomic mass is 9.98. The largest absolute Gasteiger partial charge is 0.462 e. The number of benzene rings is 1. The molecule has 0 saturated carbocycles. The van der Waals surface area contributed by atoms with Crippen LogP contribution in [-0.2, 0) is 11.2 Å². The van der Waals surface area contributed by atoms with E-state index < -0.39 is 5.97 Å². The minimum Gasteiger partial charge on any atom is -0.462 e. The number of likely N-dealkylation sites (tertiary alicyclic amines) is 1. The molecule has 1 saturated heterocycles. The van der Waals surface area contributed by atoms with Crippen molar-refractivity contribution in [2.75, 3.05) is 19.7 Å². The van der Waals surface area contributed by atoms with Gasteiger partial charge < -0.3 is 9.64 Å². The number of nitrogens with zero attached hydrogens (tertiary/aromatic N) is 3. The number of rotatable bonds is 5. The first kappa shape index (κ1) is 20.0. The number of amides is 1. The van der Waals surface area contributed by atoms with E-state index in [-0.39, 0.29) is 23.8 Å². The molecular weight excluding hydrogens is 354 g/mol. The Morgan fingerprint density at radius 1 is 1.11 bits per heavy atom. The number of carbonyl (C=O) groups excluding carboxylic acids is 2. The van der Waals surface area contributed by atoms with Crippen molar-refractivity contribution in [2.45, 2.75) is 40.0 Å². The predicted octanol–water partition coefficient (Wildman–Crippen LogP) is 3.75. The van der Waals surface area contributed by atoms with Crippen molar-refractivity contribution in [1.29, 1.82) is 0 Å². The number of carbonyl (C=O) groups is 2. The van der Waals surface area contributed by atoms with Crippen molar-refractivity contribution in [2.24, 2.45) is 5.92 Å². The van der Waals surface area contributed by atoms with E-state index in [4.69, 9.17) is 4.74 Å². The summed E-state index contributed by atoms with van der Waals surface area (Å²) < 4.78 is 5.22. The van der Waals surface area contributed by atoms with Gasteiger partial charge in [0.05, 0.1) is 12.3 Å². The molecule has 0 radical (unpaired) electrons. The van der Waals surface area contributed by atoms with Gasteiger partial charge in [-0.25, -0.2) is 14.8 Å². The summed E-state index contributed by atoms with van der Waals surface area (Å²) in [6.07, 6.45) is 2.42. The third-order valence-electron chi connectivity index (χ3n) is 5.10. The molecule has 1 aromatic carbocycles. The zero-order valence-electron chi connectivity index (χ0n) is 16.8. The number of aryl methyl sites for hydroxylation is 1. The van der Waals surface area contributed by atoms with Crippen molar-refractivity contribution in [1.82, 2.24) is 14.9 Å². The summed E-state index contributed by atoms with van der Waals surface area (Å²) in [5, 5.41) is 0. The van der Waals surface area contributed by atoms with Gasteiger partial charge in [0.25, 0.3) is 5.91 Å². The van der Waals surface area contributed by atoms with Gasteiger partial charge in [0.2, 0.25) is 0 Å². The van der Waals surface area contributed by atoms with Crippen LogP contribution in [0.1, 0.15) is 60.2 Å². The molecule has 0 unspecified atom stereocenters. The van der Waals surface area contributed by atoms with Gasteiger partial charge in [-0.2, -0.15) is 0 Å². The Kier molecular flexibility index (Phi) is 6.39. The van der Waals surface area contributed by atoms with Crippen LogP contribution in [0.3, 0.4) is 0 Å². The summed E-state index contributed by atoms with van der Waals surface area (Å²) in [5.41, 5.74) is 1.71. The maximum absolute atomic E-state index is 13.3. The van der Waals surface area contributed by atoms with Crippen LogP contribution < -0.4 is 0 Å². The van der Waals surface area contributed by atoms with Crippen LogP contribution in [0.2, 0.25) is 0 Å². The van der Waals surface area contributed by atoms with Crippen LogP contribution in [0, 0.1) is 5.92 Å². The lowest BCUT2D eigenvalue weighted by molar-refractivity contribution is 0.0512. The highest BCUT2D eigenvalue weighted by Gasteiger charge is 2.30. The van der Waals surface area contributed by atoms with Crippen molar-refractivity contribution < 1.29 is 14.3 Å². The molecule has 1 aromatic heterocycles. The van der Waals surface area contributed by atoms with Gasteiger partial charge in [0, 0.05) is 18.7 Å². The maximum atomic E-state index is 13.3.